The molecule has 5 heteroatoms. The number of carbonyl (C=O) groups excluding carboxylic acids is 1. The van der Waals surface area contributed by atoms with Crippen LogP contribution in [0, 0.1) is 0 Å². The standard InChI is InChI=1S/C22H23N3O2/c1-22(2,3)25-16-13-14-23-19(15-16)21(26)24-18-11-7-8-12-20(18)27-17-9-5-4-6-10-17/h4-15H,1-3H3,(H,23,25)(H,24,26). The average Bonchev–Trinajstić information content (AvgIpc) is 2.63. The summed E-state index contributed by atoms with van der Waals surface area (Å²) in [6.07, 6.45) is 1.62. The number of para-hydroxylation sites is 3. The van der Waals surface area contributed by atoms with E-state index in [-0.39, 0.29) is 11.4 Å². The minimum atomic E-state index is -0.295. The molecular weight excluding hydrogens is 338 g/mol. The lowest BCUT2D eigenvalue weighted by Crippen LogP contribution is -2.26. The van der Waals surface area contributed by atoms with E-state index < -0.39 is 0 Å². The number of nitrogens with one attached hydrogen (secondary N) is 2. The maximum Gasteiger partial charge on any atom is 0.274 e. The summed E-state index contributed by atoms with van der Waals surface area (Å²) in [5, 5.41) is 6.22. The first-order valence-corrected chi connectivity index (χ1v) is 8.78. The van der Waals surface area contributed by atoms with Gasteiger partial charge in [0.05, 0.1) is 5.69 Å². The van der Waals surface area contributed by atoms with Crippen LogP contribution >= 0.6 is 0 Å². The van der Waals surface area contributed by atoms with E-state index in [1.165, 1.54) is 0 Å². The lowest BCUT2D eigenvalue weighted by Gasteiger charge is -2.22. The molecule has 1 aromatic heterocycles. The molecule has 1 amide bonds. The highest BCUT2D eigenvalue weighted by Gasteiger charge is 2.14. The van der Waals surface area contributed by atoms with Crippen LogP contribution in [0.25, 0.3) is 0 Å². The molecule has 0 saturated carbocycles. The van der Waals surface area contributed by atoms with E-state index in [1.807, 2.05) is 54.6 Å². The highest BCUT2D eigenvalue weighted by molar-refractivity contribution is 6.04. The number of carbonyl (C=O) groups is 1. The summed E-state index contributed by atoms with van der Waals surface area (Å²) in [7, 11) is 0. The minimum absolute atomic E-state index is 0.106. The number of amides is 1. The van der Waals surface area contributed by atoms with Gasteiger partial charge in [0.15, 0.2) is 5.75 Å². The Morgan fingerprint density at radius 1 is 0.963 bits per heavy atom. The number of hydrogen-bond acceptors (Lipinski definition) is 4. The normalized spacial score (nSPS) is 10.9. The van der Waals surface area contributed by atoms with Gasteiger partial charge in [0.25, 0.3) is 5.91 Å². The Bertz CT molecular complexity index is 918. The fourth-order valence-electron chi connectivity index (χ4n) is 2.53. The van der Waals surface area contributed by atoms with Gasteiger partial charge in [-0.2, -0.15) is 0 Å². The molecule has 5 nitrogen and oxygen atoms in total. The second-order valence-electron chi connectivity index (χ2n) is 7.17. The molecule has 27 heavy (non-hydrogen) atoms. The number of ether oxygens (including phenoxy) is 1. The van der Waals surface area contributed by atoms with Crippen molar-refractivity contribution in [1.82, 2.24) is 4.98 Å². The molecule has 0 bridgehead atoms. The van der Waals surface area contributed by atoms with Crippen molar-refractivity contribution in [2.75, 3.05) is 10.6 Å². The van der Waals surface area contributed by atoms with E-state index in [9.17, 15) is 4.79 Å². The second-order valence-corrected chi connectivity index (χ2v) is 7.17. The molecule has 0 saturated heterocycles. The Balaban J connectivity index is 1.78. The molecule has 3 aromatic rings. The molecule has 2 aromatic carbocycles. The van der Waals surface area contributed by atoms with Gasteiger partial charge in [-0.25, -0.2) is 0 Å². The fourth-order valence-corrected chi connectivity index (χ4v) is 2.53. The van der Waals surface area contributed by atoms with E-state index >= 15 is 0 Å². The van der Waals surface area contributed by atoms with Crippen molar-refractivity contribution in [2.24, 2.45) is 0 Å². The van der Waals surface area contributed by atoms with Gasteiger partial charge in [-0.3, -0.25) is 9.78 Å². The van der Waals surface area contributed by atoms with Crippen molar-refractivity contribution in [1.29, 1.82) is 0 Å². The quantitative estimate of drug-likeness (QED) is 0.644. The summed E-state index contributed by atoms with van der Waals surface area (Å²) < 4.78 is 5.89. The summed E-state index contributed by atoms with van der Waals surface area (Å²) in [5.74, 6) is 0.978. The van der Waals surface area contributed by atoms with Crippen LogP contribution in [-0.2, 0) is 0 Å². The first-order valence-electron chi connectivity index (χ1n) is 8.78. The number of aromatic nitrogens is 1. The molecule has 0 aliphatic rings. The minimum Gasteiger partial charge on any atom is -0.455 e. The van der Waals surface area contributed by atoms with E-state index in [0.717, 1.165) is 5.69 Å². The lowest BCUT2D eigenvalue weighted by molar-refractivity contribution is 0.102. The van der Waals surface area contributed by atoms with E-state index in [0.29, 0.717) is 22.9 Å². The molecule has 1 heterocycles. The number of rotatable bonds is 5. The van der Waals surface area contributed by atoms with Crippen LogP contribution in [0.4, 0.5) is 11.4 Å². The van der Waals surface area contributed by atoms with E-state index in [4.69, 9.17) is 4.74 Å². The monoisotopic (exact) mass is 361 g/mol. The van der Waals surface area contributed by atoms with Gasteiger partial charge < -0.3 is 15.4 Å². The Kier molecular flexibility index (Phi) is 5.41. The summed E-state index contributed by atoms with van der Waals surface area (Å²) in [6.45, 7) is 6.18. The van der Waals surface area contributed by atoms with Gasteiger partial charge >= 0.3 is 0 Å². The maximum absolute atomic E-state index is 12.7. The third kappa shape index (κ3) is 5.31. The third-order valence-electron chi connectivity index (χ3n) is 3.62. The lowest BCUT2D eigenvalue weighted by atomic mass is 10.1. The molecule has 0 unspecified atom stereocenters. The summed E-state index contributed by atoms with van der Waals surface area (Å²) in [6, 6.07) is 20.3. The first-order chi connectivity index (χ1) is 12.9. The molecule has 0 atom stereocenters. The molecule has 0 radical (unpaired) electrons. The predicted molar refractivity (Wildman–Crippen MR) is 109 cm³/mol. The zero-order chi connectivity index (χ0) is 19.3. The van der Waals surface area contributed by atoms with Crippen LogP contribution in [0.15, 0.2) is 72.9 Å². The molecule has 0 aliphatic heterocycles. The predicted octanol–water partition coefficient (Wildman–Crippen LogP) is 5.34. The van der Waals surface area contributed by atoms with Crippen molar-refractivity contribution in [2.45, 2.75) is 26.3 Å². The van der Waals surface area contributed by atoms with Crippen LogP contribution in [0.5, 0.6) is 11.5 Å². The summed E-state index contributed by atoms with van der Waals surface area (Å²) in [4.78, 5) is 16.9. The van der Waals surface area contributed by atoms with Crippen LogP contribution in [-0.4, -0.2) is 16.4 Å². The fraction of sp³-hybridized carbons (Fsp3) is 0.182. The Labute approximate surface area is 159 Å². The van der Waals surface area contributed by atoms with Crippen molar-refractivity contribution in [3.05, 3.63) is 78.6 Å². The number of anilines is 2. The highest BCUT2D eigenvalue weighted by atomic mass is 16.5. The van der Waals surface area contributed by atoms with Gasteiger partial charge in [-0.15, -0.1) is 0 Å². The van der Waals surface area contributed by atoms with Crippen molar-refractivity contribution < 1.29 is 9.53 Å². The SMILES string of the molecule is CC(C)(C)Nc1ccnc(C(=O)Nc2ccccc2Oc2ccccc2)c1. The molecule has 138 valence electrons. The summed E-state index contributed by atoms with van der Waals surface area (Å²) in [5.41, 5.74) is 1.66. The summed E-state index contributed by atoms with van der Waals surface area (Å²) >= 11 is 0. The van der Waals surface area contributed by atoms with Crippen LogP contribution in [0.1, 0.15) is 31.3 Å². The third-order valence-corrected chi connectivity index (χ3v) is 3.62. The Hall–Kier alpha value is -3.34. The maximum atomic E-state index is 12.7. The first kappa shape index (κ1) is 18.5. The number of pyridine rings is 1. The molecule has 2 N–H and O–H groups in total. The van der Waals surface area contributed by atoms with Crippen molar-refractivity contribution in [3.63, 3.8) is 0 Å². The van der Waals surface area contributed by atoms with Gasteiger partial charge in [-0.1, -0.05) is 30.3 Å². The van der Waals surface area contributed by atoms with E-state index in [1.54, 1.807) is 18.3 Å². The van der Waals surface area contributed by atoms with Gasteiger partial charge in [-0.05, 0) is 57.2 Å². The zero-order valence-electron chi connectivity index (χ0n) is 15.7. The highest BCUT2D eigenvalue weighted by Crippen LogP contribution is 2.29. The molecule has 0 spiro atoms. The van der Waals surface area contributed by atoms with E-state index in [2.05, 4.69) is 36.4 Å². The van der Waals surface area contributed by atoms with Crippen LogP contribution in [0.2, 0.25) is 0 Å². The van der Waals surface area contributed by atoms with Gasteiger partial charge in [0, 0.05) is 17.4 Å². The zero-order valence-corrected chi connectivity index (χ0v) is 15.7. The number of hydrogen-bond donors (Lipinski definition) is 2. The molecular formula is C22H23N3O2. The van der Waals surface area contributed by atoms with Crippen molar-refractivity contribution >= 4 is 17.3 Å². The average molecular weight is 361 g/mol. The number of nitrogens with zero attached hydrogens (tertiary/aromatic N) is 1. The van der Waals surface area contributed by atoms with Gasteiger partial charge in [0.2, 0.25) is 0 Å². The Morgan fingerprint density at radius 2 is 1.67 bits per heavy atom. The topological polar surface area (TPSA) is 63.2 Å². The molecule has 0 fully saturated rings. The van der Waals surface area contributed by atoms with Crippen LogP contribution in [0.3, 0.4) is 0 Å². The largest absolute Gasteiger partial charge is 0.455 e. The van der Waals surface area contributed by atoms with Crippen molar-refractivity contribution in [3.8, 4) is 11.5 Å². The molecule has 0 aliphatic carbocycles. The van der Waals surface area contributed by atoms with Crippen LogP contribution < -0.4 is 15.4 Å². The molecule has 3 rings (SSSR count). The Morgan fingerprint density at radius 3 is 2.41 bits per heavy atom. The smallest absolute Gasteiger partial charge is 0.274 e. The second kappa shape index (κ2) is 7.91. The van der Waals surface area contributed by atoms with Gasteiger partial charge in [0.1, 0.15) is 11.4 Å². The number of benzene rings is 2.